The Morgan fingerprint density at radius 1 is 0.280 bits per heavy atom. The molecule has 0 aliphatic rings. The van der Waals surface area contributed by atoms with Crippen molar-refractivity contribution in [1.29, 1.82) is 0 Å². The Labute approximate surface area is 288 Å². The molecule has 0 aliphatic heterocycles. The fourth-order valence-electron chi connectivity index (χ4n) is 8.53. The summed E-state index contributed by atoms with van der Waals surface area (Å²) in [6.07, 6.45) is 0. The topological polar surface area (TPSA) is 9.86 Å². The number of nitrogens with zero attached hydrogens (tertiary/aromatic N) is 2. The van der Waals surface area contributed by atoms with Gasteiger partial charge in [0, 0.05) is 38.3 Å². The van der Waals surface area contributed by atoms with Crippen LogP contribution in [0.3, 0.4) is 0 Å². The van der Waals surface area contributed by atoms with Crippen LogP contribution in [0.15, 0.2) is 182 Å². The van der Waals surface area contributed by atoms with E-state index in [4.69, 9.17) is 0 Å². The van der Waals surface area contributed by atoms with Gasteiger partial charge in [0.1, 0.15) is 0 Å². The first-order valence-corrected chi connectivity index (χ1v) is 17.3. The summed E-state index contributed by atoms with van der Waals surface area (Å²) in [7, 11) is 0. The molecule has 11 rings (SSSR count). The van der Waals surface area contributed by atoms with Crippen LogP contribution in [-0.2, 0) is 0 Å². The average Bonchev–Trinajstić information content (AvgIpc) is 3.71. The molecular weight excluding hydrogens is 605 g/mol. The van der Waals surface area contributed by atoms with Crippen LogP contribution < -0.4 is 0 Å². The summed E-state index contributed by atoms with van der Waals surface area (Å²) in [5, 5.41) is 12.8. The number of rotatable bonds is 3. The van der Waals surface area contributed by atoms with Gasteiger partial charge in [0.05, 0.1) is 22.1 Å². The maximum atomic E-state index is 2.50. The molecule has 0 radical (unpaired) electrons. The van der Waals surface area contributed by atoms with Crippen molar-refractivity contribution in [3.63, 3.8) is 0 Å². The molecule has 2 nitrogen and oxygen atoms in total. The third-order valence-corrected chi connectivity index (χ3v) is 10.7. The lowest BCUT2D eigenvalue weighted by molar-refractivity contribution is 1.17. The molecule has 232 valence electrons. The third kappa shape index (κ3) is 3.79. The summed E-state index contributed by atoms with van der Waals surface area (Å²) in [4.78, 5) is 0. The maximum absolute atomic E-state index is 2.50. The summed E-state index contributed by atoms with van der Waals surface area (Å²) in [6.45, 7) is 0. The smallest absolute Gasteiger partial charge is 0.0625 e. The Bertz CT molecular complexity index is 3120. The van der Waals surface area contributed by atoms with E-state index in [0.717, 1.165) is 11.4 Å². The molecule has 0 N–H and O–H groups in total. The van der Waals surface area contributed by atoms with Gasteiger partial charge in [-0.05, 0) is 80.5 Å². The van der Waals surface area contributed by atoms with E-state index in [-0.39, 0.29) is 0 Å². The highest BCUT2D eigenvalue weighted by atomic mass is 15.0. The normalized spacial score (nSPS) is 12.0. The van der Waals surface area contributed by atoms with Gasteiger partial charge in [-0.15, -0.1) is 0 Å². The molecule has 0 spiro atoms. The fraction of sp³-hybridized carbons (Fsp3) is 0. The molecule has 0 amide bonds. The van der Waals surface area contributed by atoms with Crippen LogP contribution in [0.5, 0.6) is 0 Å². The first kappa shape index (κ1) is 27.3. The van der Waals surface area contributed by atoms with E-state index >= 15 is 0 Å². The Balaban J connectivity index is 1.21. The third-order valence-electron chi connectivity index (χ3n) is 10.7. The molecule has 2 heterocycles. The van der Waals surface area contributed by atoms with Crippen molar-refractivity contribution in [2.24, 2.45) is 0 Å². The summed E-state index contributed by atoms with van der Waals surface area (Å²) in [6, 6.07) is 66.6. The second-order valence-electron chi connectivity index (χ2n) is 13.3. The summed E-state index contributed by atoms with van der Waals surface area (Å²) >= 11 is 0. The van der Waals surface area contributed by atoms with E-state index in [1.807, 2.05) is 0 Å². The van der Waals surface area contributed by atoms with Crippen molar-refractivity contribution in [3.8, 4) is 22.5 Å². The monoisotopic (exact) mass is 634 g/mol. The zero-order valence-corrected chi connectivity index (χ0v) is 27.2. The number of para-hydroxylation sites is 2. The minimum absolute atomic E-state index is 1.16. The minimum Gasteiger partial charge on any atom is -0.309 e. The van der Waals surface area contributed by atoms with Crippen LogP contribution in [-0.4, -0.2) is 9.13 Å². The van der Waals surface area contributed by atoms with Crippen LogP contribution in [0.1, 0.15) is 0 Å². The van der Waals surface area contributed by atoms with Crippen molar-refractivity contribution in [3.05, 3.63) is 182 Å². The van der Waals surface area contributed by atoms with E-state index in [1.54, 1.807) is 0 Å². The van der Waals surface area contributed by atoms with Crippen LogP contribution in [0.25, 0.3) is 98.4 Å². The molecule has 0 aliphatic carbocycles. The Morgan fingerprint density at radius 3 is 1.66 bits per heavy atom. The van der Waals surface area contributed by atoms with Crippen molar-refractivity contribution in [2.45, 2.75) is 0 Å². The Morgan fingerprint density at radius 2 is 0.860 bits per heavy atom. The number of aromatic nitrogens is 2. The second-order valence-corrected chi connectivity index (χ2v) is 13.3. The van der Waals surface area contributed by atoms with Gasteiger partial charge >= 0.3 is 0 Å². The zero-order valence-electron chi connectivity index (χ0n) is 27.2. The largest absolute Gasteiger partial charge is 0.309 e. The molecule has 9 aromatic carbocycles. The van der Waals surface area contributed by atoms with Crippen LogP contribution in [0.4, 0.5) is 0 Å². The van der Waals surface area contributed by atoms with Gasteiger partial charge in [-0.25, -0.2) is 0 Å². The Hall–Kier alpha value is -6.64. The fourth-order valence-corrected chi connectivity index (χ4v) is 8.53. The van der Waals surface area contributed by atoms with Gasteiger partial charge < -0.3 is 9.13 Å². The lowest BCUT2D eigenvalue weighted by Gasteiger charge is -2.14. The molecule has 0 atom stereocenters. The van der Waals surface area contributed by atoms with Crippen LogP contribution in [0.2, 0.25) is 0 Å². The van der Waals surface area contributed by atoms with Gasteiger partial charge in [0.15, 0.2) is 0 Å². The van der Waals surface area contributed by atoms with Gasteiger partial charge in [0.25, 0.3) is 0 Å². The summed E-state index contributed by atoms with van der Waals surface area (Å²) < 4.78 is 4.91. The first-order valence-electron chi connectivity index (χ1n) is 17.3. The first-order chi connectivity index (χ1) is 24.8. The average molecular weight is 635 g/mol. The van der Waals surface area contributed by atoms with Crippen molar-refractivity contribution in [1.82, 2.24) is 9.13 Å². The van der Waals surface area contributed by atoms with Gasteiger partial charge in [-0.2, -0.15) is 0 Å². The van der Waals surface area contributed by atoms with Crippen molar-refractivity contribution in [2.75, 3.05) is 0 Å². The SMILES string of the molecule is c1ccc(-c2ccc(-n3c4ccccc4c4cc(-n5c6ccccc6c6c7ccc8ccccc8c7c7ccccc7c65)ccc43)cc2)cc1. The molecule has 0 bridgehead atoms. The van der Waals surface area contributed by atoms with Crippen LogP contribution >= 0.6 is 0 Å². The number of benzene rings is 9. The number of hydrogen-bond donors (Lipinski definition) is 0. The quantitative estimate of drug-likeness (QED) is 0.171. The predicted molar refractivity (Wildman–Crippen MR) is 213 cm³/mol. The van der Waals surface area contributed by atoms with E-state index in [1.165, 1.54) is 87.1 Å². The highest BCUT2D eigenvalue weighted by Gasteiger charge is 2.21. The molecule has 50 heavy (non-hydrogen) atoms. The molecule has 2 heteroatoms. The Kier molecular flexibility index (Phi) is 5.70. The van der Waals surface area contributed by atoms with Crippen molar-refractivity contribution >= 4 is 75.9 Å². The molecule has 11 aromatic rings. The maximum Gasteiger partial charge on any atom is 0.0625 e. The van der Waals surface area contributed by atoms with Gasteiger partial charge in [-0.1, -0.05) is 140 Å². The lowest BCUT2D eigenvalue weighted by atomic mass is 9.93. The van der Waals surface area contributed by atoms with Gasteiger partial charge in [-0.3, -0.25) is 0 Å². The molecule has 0 unspecified atom stereocenters. The predicted octanol–water partition coefficient (Wildman–Crippen LogP) is 13.0. The molecule has 0 saturated heterocycles. The van der Waals surface area contributed by atoms with Gasteiger partial charge in [0.2, 0.25) is 0 Å². The second kappa shape index (κ2) is 10.4. The summed E-state index contributed by atoms with van der Waals surface area (Å²) in [5.41, 5.74) is 9.64. The molecule has 0 saturated carbocycles. The zero-order chi connectivity index (χ0) is 32.8. The van der Waals surface area contributed by atoms with E-state index < -0.39 is 0 Å². The highest BCUT2D eigenvalue weighted by molar-refractivity contribution is 6.36. The molecule has 0 fully saturated rings. The van der Waals surface area contributed by atoms with Crippen LogP contribution in [0, 0.1) is 0 Å². The standard InChI is InChI=1S/C48H30N2/c1-2-12-31(13-3-1)32-22-25-34(26-23-32)49-43-20-10-8-16-37(43)42-30-35(27-29-45(42)49)50-44-21-11-9-19-40(44)47-41-28-24-33-14-4-5-15-36(33)46(41)38-17-6-7-18-39(38)48(47)50/h1-30H. The molecular formula is C48H30N2. The van der Waals surface area contributed by atoms with E-state index in [9.17, 15) is 0 Å². The number of hydrogen-bond acceptors (Lipinski definition) is 0. The minimum atomic E-state index is 1.16. The summed E-state index contributed by atoms with van der Waals surface area (Å²) in [5.74, 6) is 0. The van der Waals surface area contributed by atoms with E-state index in [2.05, 4.69) is 191 Å². The lowest BCUT2D eigenvalue weighted by Crippen LogP contribution is -1.96. The highest BCUT2D eigenvalue weighted by Crippen LogP contribution is 2.45. The molecule has 2 aromatic heterocycles. The van der Waals surface area contributed by atoms with Crippen molar-refractivity contribution < 1.29 is 0 Å². The number of fused-ring (bicyclic) bond motifs is 13. The van der Waals surface area contributed by atoms with E-state index in [0.29, 0.717) is 0 Å².